The topological polar surface area (TPSA) is 76.0 Å². The number of aliphatic hydroxyl groups is 2. The van der Waals surface area contributed by atoms with Crippen LogP contribution < -0.4 is 0 Å². The second-order valence-corrected chi connectivity index (χ2v) is 1.27. The van der Waals surface area contributed by atoms with Gasteiger partial charge in [-0.25, -0.2) is 4.79 Å². The molecule has 0 aliphatic rings. The molecular formula is C7H12O5. The zero-order chi connectivity index (χ0) is 9.82. The maximum atomic E-state index is 10.1. The van der Waals surface area contributed by atoms with E-state index in [9.17, 15) is 4.79 Å². The van der Waals surface area contributed by atoms with E-state index in [1.165, 1.54) is 0 Å². The Balaban J connectivity index is 0. The van der Waals surface area contributed by atoms with Crippen molar-refractivity contribution in [1.29, 1.82) is 0 Å². The Kier molecular flexibility index (Phi) is 13.7. The largest absolute Gasteiger partial charge is 0.518 e. The molecule has 0 amide bonds. The van der Waals surface area contributed by atoms with Crippen molar-refractivity contribution in [3.05, 3.63) is 25.7 Å². The molecule has 0 radical (unpaired) electrons. The second-order valence-electron chi connectivity index (χ2n) is 1.27. The molecule has 0 saturated carbocycles. The molecule has 5 heteroatoms. The van der Waals surface area contributed by atoms with Gasteiger partial charge in [-0.05, 0) is 0 Å². The molecule has 0 saturated heterocycles. The molecule has 2 N–H and O–H groups in total. The van der Waals surface area contributed by atoms with Gasteiger partial charge >= 0.3 is 6.16 Å². The van der Waals surface area contributed by atoms with Gasteiger partial charge < -0.3 is 19.7 Å². The van der Waals surface area contributed by atoms with Crippen LogP contribution in [-0.4, -0.2) is 29.6 Å². The van der Waals surface area contributed by atoms with Crippen LogP contribution in [0.3, 0.4) is 0 Å². The quantitative estimate of drug-likeness (QED) is 0.480. The van der Waals surface area contributed by atoms with E-state index in [-0.39, 0.29) is 13.2 Å². The SMILES string of the molecule is C=COC(=O)OC=C.OCCO. The van der Waals surface area contributed by atoms with Crippen molar-refractivity contribution in [3.63, 3.8) is 0 Å². The third-order valence-corrected chi connectivity index (χ3v) is 0.459. The standard InChI is InChI=1S/C5H6O3.C2H6O2/c1-3-7-5(6)8-4-2;3-1-2-4/h3-4H,1-2H2;3-4H,1-2H2. The third-order valence-electron chi connectivity index (χ3n) is 0.459. The summed E-state index contributed by atoms with van der Waals surface area (Å²) in [6, 6.07) is 0. The van der Waals surface area contributed by atoms with E-state index in [1.807, 2.05) is 0 Å². The van der Waals surface area contributed by atoms with Crippen LogP contribution in [0.4, 0.5) is 4.79 Å². The number of hydrogen-bond donors (Lipinski definition) is 2. The summed E-state index contributed by atoms with van der Waals surface area (Å²) in [7, 11) is 0. The molecule has 0 rings (SSSR count). The maximum absolute atomic E-state index is 10.1. The fraction of sp³-hybridized carbons (Fsp3) is 0.286. The molecule has 12 heavy (non-hydrogen) atoms. The van der Waals surface area contributed by atoms with Crippen molar-refractivity contribution in [3.8, 4) is 0 Å². The van der Waals surface area contributed by atoms with Crippen molar-refractivity contribution < 1.29 is 24.5 Å². The number of hydrogen-bond acceptors (Lipinski definition) is 5. The molecule has 0 heterocycles. The van der Waals surface area contributed by atoms with Crippen molar-refractivity contribution in [2.24, 2.45) is 0 Å². The summed E-state index contributed by atoms with van der Waals surface area (Å²) < 4.78 is 8.23. The number of rotatable bonds is 3. The lowest BCUT2D eigenvalue weighted by molar-refractivity contribution is 0.120. The molecule has 0 atom stereocenters. The van der Waals surface area contributed by atoms with Crippen LogP contribution in [0.15, 0.2) is 25.7 Å². The van der Waals surface area contributed by atoms with E-state index in [2.05, 4.69) is 22.6 Å². The van der Waals surface area contributed by atoms with Crippen LogP contribution in [0.1, 0.15) is 0 Å². The average Bonchev–Trinajstić information content (AvgIpc) is 2.06. The van der Waals surface area contributed by atoms with E-state index in [0.717, 1.165) is 12.5 Å². The zero-order valence-corrected chi connectivity index (χ0v) is 6.60. The fourth-order valence-electron chi connectivity index (χ4n) is 0.164. The van der Waals surface area contributed by atoms with Crippen molar-refractivity contribution in [2.45, 2.75) is 0 Å². The molecule has 0 aromatic rings. The van der Waals surface area contributed by atoms with Crippen LogP contribution in [0, 0.1) is 0 Å². The Morgan fingerprint density at radius 1 is 1.17 bits per heavy atom. The summed E-state index contributed by atoms with van der Waals surface area (Å²) in [5, 5.41) is 15.2. The fourth-order valence-corrected chi connectivity index (χ4v) is 0.164. The highest BCUT2D eigenvalue weighted by molar-refractivity contribution is 5.61. The molecule has 70 valence electrons. The summed E-state index contributed by atoms with van der Waals surface area (Å²) in [6.45, 7) is 6.00. The number of ether oxygens (including phenoxy) is 2. The highest BCUT2D eigenvalue weighted by Gasteiger charge is 1.93. The van der Waals surface area contributed by atoms with Gasteiger partial charge in [0, 0.05) is 0 Å². The summed E-state index contributed by atoms with van der Waals surface area (Å²) in [5.41, 5.74) is 0. The van der Waals surface area contributed by atoms with Crippen molar-refractivity contribution in [2.75, 3.05) is 13.2 Å². The first-order valence-electron chi connectivity index (χ1n) is 3.03. The van der Waals surface area contributed by atoms with Gasteiger partial charge in [0.05, 0.1) is 25.7 Å². The van der Waals surface area contributed by atoms with Crippen LogP contribution in [-0.2, 0) is 9.47 Å². The van der Waals surface area contributed by atoms with Gasteiger partial charge in [0.25, 0.3) is 0 Å². The predicted molar refractivity (Wildman–Crippen MR) is 42.1 cm³/mol. The minimum absolute atomic E-state index is 0.125. The van der Waals surface area contributed by atoms with E-state index in [0.29, 0.717) is 0 Å². The summed E-state index contributed by atoms with van der Waals surface area (Å²) in [5.74, 6) is 0. The molecule has 0 aliphatic heterocycles. The van der Waals surface area contributed by atoms with Crippen LogP contribution >= 0.6 is 0 Å². The normalized spacial score (nSPS) is 7.17. The zero-order valence-electron chi connectivity index (χ0n) is 6.60. The van der Waals surface area contributed by atoms with E-state index in [4.69, 9.17) is 10.2 Å². The first-order valence-corrected chi connectivity index (χ1v) is 3.03. The molecular weight excluding hydrogens is 164 g/mol. The van der Waals surface area contributed by atoms with Crippen molar-refractivity contribution in [1.82, 2.24) is 0 Å². The van der Waals surface area contributed by atoms with Gasteiger partial charge in [0.2, 0.25) is 0 Å². The van der Waals surface area contributed by atoms with Gasteiger partial charge in [-0.2, -0.15) is 0 Å². The lowest BCUT2D eigenvalue weighted by Crippen LogP contribution is -1.96. The molecule has 5 nitrogen and oxygen atoms in total. The van der Waals surface area contributed by atoms with Crippen LogP contribution in [0.25, 0.3) is 0 Å². The predicted octanol–water partition coefficient (Wildman–Crippen LogP) is 0.398. The van der Waals surface area contributed by atoms with Crippen LogP contribution in [0.5, 0.6) is 0 Å². The molecule has 0 aromatic carbocycles. The van der Waals surface area contributed by atoms with Crippen molar-refractivity contribution >= 4 is 6.16 Å². The Morgan fingerprint density at radius 2 is 1.50 bits per heavy atom. The Labute approximate surface area is 70.5 Å². The van der Waals surface area contributed by atoms with Gasteiger partial charge in [-0.1, -0.05) is 13.2 Å². The number of aliphatic hydroxyl groups excluding tert-OH is 2. The van der Waals surface area contributed by atoms with Gasteiger partial charge in [0.15, 0.2) is 0 Å². The molecule has 0 fully saturated rings. The minimum atomic E-state index is -0.824. The summed E-state index contributed by atoms with van der Waals surface area (Å²) in [4.78, 5) is 10.1. The molecule has 0 aromatic heterocycles. The Morgan fingerprint density at radius 3 is 1.67 bits per heavy atom. The highest BCUT2D eigenvalue weighted by Crippen LogP contribution is 1.83. The van der Waals surface area contributed by atoms with Gasteiger partial charge in [0.1, 0.15) is 0 Å². The van der Waals surface area contributed by atoms with Gasteiger partial charge in [-0.15, -0.1) is 0 Å². The molecule has 0 aliphatic carbocycles. The average molecular weight is 176 g/mol. The van der Waals surface area contributed by atoms with E-state index in [1.54, 1.807) is 0 Å². The smallest absolute Gasteiger partial charge is 0.403 e. The van der Waals surface area contributed by atoms with Crippen LogP contribution in [0.2, 0.25) is 0 Å². The summed E-state index contributed by atoms with van der Waals surface area (Å²) >= 11 is 0. The first kappa shape index (κ1) is 13.3. The molecule has 0 unspecified atom stereocenters. The number of carbonyl (C=O) groups excluding carboxylic acids is 1. The summed E-state index contributed by atoms with van der Waals surface area (Å²) in [6.07, 6.45) is 1.13. The monoisotopic (exact) mass is 176 g/mol. The maximum Gasteiger partial charge on any atom is 0.518 e. The van der Waals surface area contributed by atoms with E-state index >= 15 is 0 Å². The van der Waals surface area contributed by atoms with Gasteiger partial charge in [-0.3, -0.25) is 0 Å². The molecule has 0 spiro atoms. The minimum Gasteiger partial charge on any atom is -0.403 e. The first-order chi connectivity index (χ1) is 5.72. The Bertz CT molecular complexity index is 118. The van der Waals surface area contributed by atoms with E-state index < -0.39 is 6.16 Å². The number of carbonyl (C=O) groups is 1. The second kappa shape index (κ2) is 12.4. The highest BCUT2D eigenvalue weighted by atomic mass is 16.7. The lowest BCUT2D eigenvalue weighted by atomic mass is 10.8. The lowest BCUT2D eigenvalue weighted by Gasteiger charge is -1.91. The molecule has 0 bridgehead atoms. The third kappa shape index (κ3) is 15.9. The Hall–Kier alpha value is -1.33.